The van der Waals surface area contributed by atoms with Crippen LogP contribution in [0.5, 0.6) is 5.75 Å². The number of hydrogen-bond donors (Lipinski definition) is 3. The summed E-state index contributed by atoms with van der Waals surface area (Å²) in [7, 11) is 0. The zero-order chi connectivity index (χ0) is 15.4. The second-order valence-corrected chi connectivity index (χ2v) is 6.19. The van der Waals surface area contributed by atoms with E-state index in [1.807, 2.05) is 6.07 Å². The van der Waals surface area contributed by atoms with E-state index >= 15 is 0 Å². The van der Waals surface area contributed by atoms with Gasteiger partial charge in [0.05, 0.1) is 12.7 Å². The predicted molar refractivity (Wildman–Crippen MR) is 84.1 cm³/mol. The summed E-state index contributed by atoms with van der Waals surface area (Å²) in [6.07, 6.45) is 4.44. The highest BCUT2D eigenvalue weighted by Gasteiger charge is 2.25. The van der Waals surface area contributed by atoms with Crippen molar-refractivity contribution in [3.8, 4) is 5.75 Å². The van der Waals surface area contributed by atoms with Crippen molar-refractivity contribution in [3.63, 3.8) is 0 Å². The standard InChI is InChI=1S/C17H24N2O3/c20-15-3-1-2-14(15)11-19-17(21)18-8-6-12-4-5-16-13(10-12)7-9-22-16/h4-5,10,14-15,20H,1-3,6-9,11H2,(H2,18,19,21). The van der Waals surface area contributed by atoms with Crippen LogP contribution in [0.4, 0.5) is 4.79 Å². The Hall–Kier alpha value is -1.75. The number of carbonyl (C=O) groups excluding carboxylic acids is 1. The first-order valence-corrected chi connectivity index (χ1v) is 8.17. The lowest BCUT2D eigenvalue weighted by molar-refractivity contribution is 0.132. The van der Waals surface area contributed by atoms with Crippen molar-refractivity contribution in [2.24, 2.45) is 5.92 Å². The molecular weight excluding hydrogens is 280 g/mol. The average molecular weight is 304 g/mol. The van der Waals surface area contributed by atoms with Gasteiger partial charge in [0.2, 0.25) is 0 Å². The number of fused-ring (bicyclic) bond motifs is 1. The van der Waals surface area contributed by atoms with Gasteiger partial charge < -0.3 is 20.5 Å². The van der Waals surface area contributed by atoms with Crippen LogP contribution in [0, 0.1) is 5.92 Å². The monoisotopic (exact) mass is 304 g/mol. The van der Waals surface area contributed by atoms with Crippen molar-refractivity contribution in [3.05, 3.63) is 29.3 Å². The number of benzene rings is 1. The Morgan fingerprint density at radius 3 is 3.05 bits per heavy atom. The Kier molecular flexibility index (Phi) is 4.83. The van der Waals surface area contributed by atoms with E-state index in [4.69, 9.17) is 4.74 Å². The van der Waals surface area contributed by atoms with Crippen LogP contribution in [0.1, 0.15) is 30.4 Å². The van der Waals surface area contributed by atoms with Crippen LogP contribution in [-0.4, -0.2) is 36.9 Å². The number of hydrogen-bond acceptors (Lipinski definition) is 3. The molecule has 1 heterocycles. The van der Waals surface area contributed by atoms with Crippen molar-refractivity contribution in [2.75, 3.05) is 19.7 Å². The predicted octanol–water partition coefficient (Wildman–Crippen LogP) is 1.62. The van der Waals surface area contributed by atoms with E-state index in [0.717, 1.165) is 44.5 Å². The lowest BCUT2D eigenvalue weighted by Gasteiger charge is -2.15. The summed E-state index contributed by atoms with van der Waals surface area (Å²) in [6.45, 7) is 1.94. The molecule has 2 aliphatic rings. The van der Waals surface area contributed by atoms with E-state index in [9.17, 15) is 9.90 Å². The first-order chi connectivity index (χ1) is 10.7. The second-order valence-electron chi connectivity index (χ2n) is 6.19. The van der Waals surface area contributed by atoms with Gasteiger partial charge in [0.15, 0.2) is 0 Å². The Morgan fingerprint density at radius 2 is 2.23 bits per heavy atom. The van der Waals surface area contributed by atoms with E-state index in [1.165, 1.54) is 11.1 Å². The fraction of sp³-hybridized carbons (Fsp3) is 0.588. The van der Waals surface area contributed by atoms with Gasteiger partial charge in [-0.25, -0.2) is 4.79 Å². The summed E-state index contributed by atoms with van der Waals surface area (Å²) >= 11 is 0. The van der Waals surface area contributed by atoms with Crippen LogP contribution >= 0.6 is 0 Å². The third kappa shape index (κ3) is 3.71. The third-order valence-corrected chi connectivity index (χ3v) is 4.60. The van der Waals surface area contributed by atoms with Crippen LogP contribution < -0.4 is 15.4 Å². The molecule has 1 aromatic rings. The molecule has 2 amide bonds. The molecule has 0 bridgehead atoms. The Morgan fingerprint density at radius 1 is 1.32 bits per heavy atom. The minimum Gasteiger partial charge on any atom is -0.493 e. The summed E-state index contributed by atoms with van der Waals surface area (Å²) in [6, 6.07) is 6.08. The molecule has 1 saturated carbocycles. The fourth-order valence-corrected chi connectivity index (χ4v) is 3.26. The molecule has 1 fully saturated rings. The van der Waals surface area contributed by atoms with E-state index in [1.54, 1.807) is 0 Å². The van der Waals surface area contributed by atoms with Crippen molar-refractivity contribution in [1.29, 1.82) is 0 Å². The van der Waals surface area contributed by atoms with Gasteiger partial charge in [0.25, 0.3) is 0 Å². The van der Waals surface area contributed by atoms with Gasteiger partial charge in [0, 0.05) is 25.4 Å². The first kappa shape index (κ1) is 15.2. The molecule has 1 aliphatic heterocycles. The largest absolute Gasteiger partial charge is 0.493 e. The van der Waals surface area contributed by atoms with Crippen LogP contribution in [0.3, 0.4) is 0 Å². The Balaban J connectivity index is 1.36. The van der Waals surface area contributed by atoms with Gasteiger partial charge in [-0.1, -0.05) is 18.6 Å². The molecule has 3 N–H and O–H groups in total. The van der Waals surface area contributed by atoms with E-state index in [-0.39, 0.29) is 18.1 Å². The third-order valence-electron chi connectivity index (χ3n) is 4.60. The second kappa shape index (κ2) is 7.01. The van der Waals surface area contributed by atoms with Gasteiger partial charge in [0.1, 0.15) is 5.75 Å². The number of aliphatic hydroxyl groups is 1. The van der Waals surface area contributed by atoms with Crippen LogP contribution in [0.2, 0.25) is 0 Å². The SMILES string of the molecule is O=C(NCCc1ccc2c(c1)CCO2)NCC1CCCC1O. The number of amides is 2. The highest BCUT2D eigenvalue weighted by Crippen LogP contribution is 2.26. The molecule has 2 unspecified atom stereocenters. The van der Waals surface area contributed by atoms with E-state index < -0.39 is 0 Å². The van der Waals surface area contributed by atoms with Gasteiger partial charge in [-0.2, -0.15) is 0 Å². The van der Waals surface area contributed by atoms with Crippen molar-refractivity contribution in [2.45, 2.75) is 38.2 Å². The van der Waals surface area contributed by atoms with Crippen LogP contribution in [0.15, 0.2) is 18.2 Å². The molecule has 0 saturated heterocycles. The molecular formula is C17H24N2O3. The molecule has 22 heavy (non-hydrogen) atoms. The van der Waals surface area contributed by atoms with Crippen molar-refractivity contribution in [1.82, 2.24) is 10.6 Å². The number of urea groups is 1. The fourth-order valence-electron chi connectivity index (χ4n) is 3.26. The molecule has 3 rings (SSSR count). The maximum Gasteiger partial charge on any atom is 0.314 e. The number of carbonyl (C=O) groups is 1. The molecule has 0 radical (unpaired) electrons. The zero-order valence-corrected chi connectivity index (χ0v) is 12.8. The Bertz CT molecular complexity index is 533. The maximum atomic E-state index is 11.8. The molecule has 2 atom stereocenters. The summed E-state index contributed by atoms with van der Waals surface area (Å²) in [5.74, 6) is 1.20. The number of ether oxygens (including phenoxy) is 1. The summed E-state index contributed by atoms with van der Waals surface area (Å²) in [5.41, 5.74) is 2.48. The van der Waals surface area contributed by atoms with Gasteiger partial charge in [-0.3, -0.25) is 0 Å². The summed E-state index contributed by atoms with van der Waals surface area (Å²) in [4.78, 5) is 11.8. The van der Waals surface area contributed by atoms with Gasteiger partial charge in [-0.15, -0.1) is 0 Å². The van der Waals surface area contributed by atoms with Gasteiger partial charge in [-0.05, 0) is 36.5 Å². The molecule has 0 spiro atoms. The summed E-state index contributed by atoms with van der Waals surface area (Å²) < 4.78 is 5.49. The molecule has 120 valence electrons. The number of nitrogens with one attached hydrogen (secondary N) is 2. The normalized spacial score (nSPS) is 23.0. The van der Waals surface area contributed by atoms with E-state index in [0.29, 0.717) is 13.1 Å². The number of aliphatic hydroxyl groups excluding tert-OH is 1. The van der Waals surface area contributed by atoms with Crippen molar-refractivity contribution >= 4 is 6.03 Å². The smallest absolute Gasteiger partial charge is 0.314 e. The lowest BCUT2D eigenvalue weighted by atomic mass is 10.1. The zero-order valence-electron chi connectivity index (χ0n) is 12.8. The molecule has 1 aromatic carbocycles. The number of rotatable bonds is 5. The molecule has 5 nitrogen and oxygen atoms in total. The van der Waals surface area contributed by atoms with Crippen LogP contribution in [-0.2, 0) is 12.8 Å². The van der Waals surface area contributed by atoms with Crippen LogP contribution in [0.25, 0.3) is 0 Å². The lowest BCUT2D eigenvalue weighted by Crippen LogP contribution is -2.40. The molecule has 0 aromatic heterocycles. The maximum absolute atomic E-state index is 11.8. The highest BCUT2D eigenvalue weighted by atomic mass is 16.5. The Labute approximate surface area is 131 Å². The topological polar surface area (TPSA) is 70.6 Å². The first-order valence-electron chi connectivity index (χ1n) is 8.17. The van der Waals surface area contributed by atoms with E-state index in [2.05, 4.69) is 22.8 Å². The van der Waals surface area contributed by atoms with Crippen molar-refractivity contribution < 1.29 is 14.6 Å². The summed E-state index contributed by atoms with van der Waals surface area (Å²) in [5, 5.41) is 15.4. The minimum absolute atomic E-state index is 0.149. The quantitative estimate of drug-likeness (QED) is 0.774. The highest BCUT2D eigenvalue weighted by molar-refractivity contribution is 5.73. The molecule has 5 heteroatoms. The minimum atomic E-state index is -0.256. The average Bonchev–Trinajstić information content (AvgIpc) is 3.13. The molecule has 1 aliphatic carbocycles. The van der Waals surface area contributed by atoms with Gasteiger partial charge >= 0.3 is 6.03 Å².